The molecule has 0 radical (unpaired) electrons. The molecule has 1 fully saturated rings. The first-order valence-corrected chi connectivity index (χ1v) is 9.59. The molecule has 30 heavy (non-hydrogen) atoms. The predicted octanol–water partition coefficient (Wildman–Crippen LogP) is 2.93. The summed E-state index contributed by atoms with van der Waals surface area (Å²) in [6.45, 7) is -0.289. The number of amides is 3. The maximum absolute atomic E-state index is 12.9. The third-order valence-electron chi connectivity index (χ3n) is 4.67. The number of fused-ring (bicyclic) bond motifs is 1. The van der Waals surface area contributed by atoms with Crippen molar-refractivity contribution in [3.63, 3.8) is 0 Å². The Balaban J connectivity index is 1.50. The van der Waals surface area contributed by atoms with Crippen LogP contribution in [0.1, 0.15) is 0 Å². The van der Waals surface area contributed by atoms with Crippen LogP contribution in [0.25, 0.3) is 0 Å². The zero-order valence-corrected chi connectivity index (χ0v) is 17.1. The van der Waals surface area contributed by atoms with Gasteiger partial charge in [0.25, 0.3) is 11.8 Å². The molecule has 4 rings (SSSR count). The Morgan fingerprint density at radius 2 is 1.90 bits per heavy atom. The average molecular weight is 448 g/mol. The number of benzene rings is 2. The van der Waals surface area contributed by atoms with E-state index in [1.165, 1.54) is 24.3 Å². The summed E-state index contributed by atoms with van der Waals surface area (Å²) >= 11 is 11.9. The van der Waals surface area contributed by atoms with Gasteiger partial charge >= 0.3 is 0 Å². The first-order chi connectivity index (χ1) is 14.4. The number of nitrogens with zero attached hydrogens (tertiary/aromatic N) is 4. The highest BCUT2D eigenvalue weighted by Gasteiger charge is 2.55. The maximum Gasteiger partial charge on any atom is 0.263 e. The third-order valence-corrected chi connectivity index (χ3v) is 5.14. The Hall–Kier alpha value is -3.17. The molecule has 2 aromatic carbocycles. The van der Waals surface area contributed by atoms with Crippen molar-refractivity contribution in [2.45, 2.75) is 12.1 Å². The van der Waals surface area contributed by atoms with Gasteiger partial charge in [0, 0.05) is 10.0 Å². The SMILES string of the molecule is COc1ccc(Cl)cc1NC(=O)CN1N=N[C@H]2C(=O)N(c3cccc(Cl)c3)C(=O)[C@@H]21. The van der Waals surface area contributed by atoms with Crippen LogP contribution in [0.4, 0.5) is 11.4 Å². The summed E-state index contributed by atoms with van der Waals surface area (Å²) < 4.78 is 5.20. The van der Waals surface area contributed by atoms with Gasteiger partial charge in [0.2, 0.25) is 5.91 Å². The molecule has 2 heterocycles. The highest BCUT2D eigenvalue weighted by molar-refractivity contribution is 6.32. The number of nitrogens with one attached hydrogen (secondary N) is 1. The summed E-state index contributed by atoms with van der Waals surface area (Å²) in [5, 5.41) is 12.4. The number of ether oxygens (including phenoxy) is 1. The Morgan fingerprint density at radius 1 is 1.13 bits per heavy atom. The van der Waals surface area contributed by atoms with Crippen molar-refractivity contribution in [1.82, 2.24) is 5.01 Å². The Morgan fingerprint density at radius 3 is 2.63 bits per heavy atom. The molecule has 0 spiro atoms. The van der Waals surface area contributed by atoms with Gasteiger partial charge in [-0.15, -0.1) is 0 Å². The van der Waals surface area contributed by atoms with Crippen LogP contribution >= 0.6 is 23.2 Å². The number of carbonyl (C=O) groups excluding carboxylic acids is 3. The Bertz CT molecular complexity index is 1080. The van der Waals surface area contributed by atoms with Crippen molar-refractivity contribution in [1.29, 1.82) is 0 Å². The van der Waals surface area contributed by atoms with Crippen molar-refractivity contribution in [2.24, 2.45) is 10.3 Å². The van der Waals surface area contributed by atoms with E-state index in [4.69, 9.17) is 27.9 Å². The molecule has 0 unspecified atom stereocenters. The summed E-state index contributed by atoms with van der Waals surface area (Å²) in [6, 6.07) is 9.16. The third kappa shape index (κ3) is 3.57. The first-order valence-electron chi connectivity index (χ1n) is 8.83. The number of halogens is 2. The minimum atomic E-state index is -1.01. The Kier molecular flexibility index (Phi) is 5.31. The number of hydrogen-bond acceptors (Lipinski definition) is 7. The van der Waals surface area contributed by atoms with E-state index in [9.17, 15) is 14.4 Å². The molecular weight excluding hydrogens is 433 g/mol. The predicted molar refractivity (Wildman–Crippen MR) is 110 cm³/mol. The van der Waals surface area contributed by atoms with E-state index in [0.717, 1.165) is 4.90 Å². The van der Waals surface area contributed by atoms with E-state index < -0.39 is 29.8 Å². The van der Waals surface area contributed by atoms with Gasteiger partial charge in [-0.2, -0.15) is 5.11 Å². The van der Waals surface area contributed by atoms with Crippen LogP contribution in [-0.2, 0) is 14.4 Å². The van der Waals surface area contributed by atoms with E-state index in [-0.39, 0.29) is 6.54 Å². The molecule has 0 saturated carbocycles. The molecule has 11 heteroatoms. The summed E-state index contributed by atoms with van der Waals surface area (Å²) in [5.41, 5.74) is 0.715. The standard InChI is InChI=1S/C19H15Cl2N5O4/c1-30-14-6-5-11(21)8-13(14)22-15(27)9-25-17-16(23-24-25)18(28)26(19(17)29)12-4-2-3-10(20)7-12/h2-8,16-17H,9H2,1H3,(H,22,27)/t16-,17-/m1/s1. The van der Waals surface area contributed by atoms with Crippen LogP contribution in [0.2, 0.25) is 10.0 Å². The topological polar surface area (TPSA) is 104 Å². The van der Waals surface area contributed by atoms with Gasteiger partial charge in [0.05, 0.1) is 18.5 Å². The smallest absolute Gasteiger partial charge is 0.263 e. The molecule has 2 aliphatic rings. The summed E-state index contributed by atoms with van der Waals surface area (Å²) in [5.74, 6) is -1.09. The summed E-state index contributed by atoms with van der Waals surface area (Å²) in [4.78, 5) is 39.2. The summed E-state index contributed by atoms with van der Waals surface area (Å²) in [7, 11) is 1.46. The molecule has 0 bridgehead atoms. The Labute approximate surface area is 181 Å². The van der Waals surface area contributed by atoms with E-state index in [2.05, 4.69) is 15.7 Å². The van der Waals surface area contributed by atoms with Gasteiger partial charge in [-0.05, 0) is 36.4 Å². The molecule has 154 valence electrons. The first kappa shape index (κ1) is 20.1. The van der Waals surface area contributed by atoms with Crippen molar-refractivity contribution in [3.05, 3.63) is 52.5 Å². The second-order valence-corrected chi connectivity index (χ2v) is 7.45. The second-order valence-electron chi connectivity index (χ2n) is 6.58. The molecule has 1 saturated heterocycles. The van der Waals surface area contributed by atoms with Gasteiger partial charge in [-0.25, -0.2) is 4.90 Å². The molecule has 1 N–H and O–H groups in total. The van der Waals surface area contributed by atoms with Gasteiger partial charge in [-0.1, -0.05) is 34.5 Å². The molecule has 0 aliphatic carbocycles. The van der Waals surface area contributed by atoms with Crippen LogP contribution in [-0.4, -0.2) is 48.5 Å². The largest absolute Gasteiger partial charge is 0.495 e. The van der Waals surface area contributed by atoms with E-state index >= 15 is 0 Å². The lowest BCUT2D eigenvalue weighted by atomic mass is 10.1. The van der Waals surface area contributed by atoms with Crippen LogP contribution in [0.3, 0.4) is 0 Å². The van der Waals surface area contributed by atoms with Gasteiger partial charge in [-0.3, -0.25) is 19.4 Å². The fraction of sp³-hybridized carbons (Fsp3) is 0.211. The van der Waals surface area contributed by atoms with Crippen molar-refractivity contribution in [3.8, 4) is 5.75 Å². The zero-order valence-electron chi connectivity index (χ0n) is 15.6. The molecule has 3 amide bonds. The minimum absolute atomic E-state index is 0.289. The zero-order chi connectivity index (χ0) is 21.4. The highest BCUT2D eigenvalue weighted by atomic mass is 35.5. The lowest BCUT2D eigenvalue weighted by Gasteiger charge is -2.20. The molecular formula is C19H15Cl2N5O4. The lowest BCUT2D eigenvalue weighted by molar-refractivity contribution is -0.123. The van der Waals surface area contributed by atoms with Gasteiger partial charge in [0.1, 0.15) is 12.3 Å². The van der Waals surface area contributed by atoms with Gasteiger partial charge in [0.15, 0.2) is 12.1 Å². The fourth-order valence-corrected chi connectivity index (χ4v) is 3.69. The normalized spacial score (nSPS) is 20.0. The van der Waals surface area contributed by atoms with E-state index in [1.807, 2.05) is 0 Å². The monoisotopic (exact) mass is 447 g/mol. The number of anilines is 2. The maximum atomic E-state index is 12.9. The van der Waals surface area contributed by atoms with Crippen molar-refractivity contribution < 1.29 is 19.1 Å². The number of rotatable bonds is 5. The number of carbonyl (C=O) groups is 3. The summed E-state index contributed by atoms with van der Waals surface area (Å²) in [6.07, 6.45) is 0. The quantitative estimate of drug-likeness (QED) is 0.709. The molecule has 2 atom stereocenters. The van der Waals surface area contributed by atoms with Crippen molar-refractivity contribution >= 4 is 52.3 Å². The second kappa shape index (κ2) is 7.92. The molecule has 9 nitrogen and oxygen atoms in total. The molecule has 2 aliphatic heterocycles. The molecule has 0 aromatic heterocycles. The van der Waals surface area contributed by atoms with Crippen LogP contribution in [0.15, 0.2) is 52.8 Å². The number of imide groups is 1. The van der Waals surface area contributed by atoms with Crippen LogP contribution in [0.5, 0.6) is 5.75 Å². The minimum Gasteiger partial charge on any atom is -0.495 e. The van der Waals surface area contributed by atoms with Crippen LogP contribution in [0, 0.1) is 0 Å². The van der Waals surface area contributed by atoms with E-state index in [1.54, 1.807) is 30.3 Å². The highest BCUT2D eigenvalue weighted by Crippen LogP contribution is 2.33. The number of hydrogen-bond donors (Lipinski definition) is 1. The van der Waals surface area contributed by atoms with Crippen molar-refractivity contribution in [2.75, 3.05) is 23.9 Å². The van der Waals surface area contributed by atoms with Gasteiger partial charge < -0.3 is 10.1 Å². The average Bonchev–Trinajstić information content (AvgIpc) is 3.21. The van der Waals surface area contributed by atoms with Crippen LogP contribution < -0.4 is 15.0 Å². The molecule has 2 aromatic rings. The lowest BCUT2D eigenvalue weighted by Crippen LogP contribution is -2.43. The van der Waals surface area contributed by atoms with E-state index in [0.29, 0.717) is 27.2 Å². The fourth-order valence-electron chi connectivity index (χ4n) is 3.34. The number of methoxy groups -OCH3 is 1.